The minimum Gasteiger partial charge on any atom is -0.444 e. The maximum atomic E-state index is 14.4. The quantitative estimate of drug-likeness (QED) is 0.274. The van der Waals surface area contributed by atoms with E-state index in [-0.39, 0.29) is 30.2 Å². The maximum Gasteiger partial charge on any atom is 0.410 e. The van der Waals surface area contributed by atoms with Crippen LogP contribution in [-0.2, 0) is 14.3 Å². The average molecular weight is 652 g/mol. The molecule has 2 aromatic carbocycles. The number of benzene rings is 2. The summed E-state index contributed by atoms with van der Waals surface area (Å²) >= 11 is 0. The summed E-state index contributed by atoms with van der Waals surface area (Å²) in [6.07, 6.45) is 7.01. The summed E-state index contributed by atoms with van der Waals surface area (Å²) in [5.74, 6) is -1.25. The summed E-state index contributed by atoms with van der Waals surface area (Å²) in [5.41, 5.74) is 2.69. The molecule has 2 saturated heterocycles. The number of aromatic nitrogens is 2. The van der Waals surface area contributed by atoms with Crippen LogP contribution in [0, 0.1) is 11.6 Å². The smallest absolute Gasteiger partial charge is 0.410 e. The molecule has 3 aliphatic rings. The van der Waals surface area contributed by atoms with Gasteiger partial charge in [-0.2, -0.15) is 0 Å². The number of halogens is 2. The predicted octanol–water partition coefficient (Wildman–Crippen LogP) is 7.54. The Kier molecular flexibility index (Phi) is 9.47. The first-order valence-electron chi connectivity index (χ1n) is 17.0. The number of carbonyl (C=O) groups is 2. The molecular formula is C36H47F2N5O4. The molecule has 1 aliphatic carbocycles. The lowest BCUT2D eigenvalue weighted by Crippen LogP contribution is -2.47. The van der Waals surface area contributed by atoms with Crippen LogP contribution in [0.1, 0.15) is 96.5 Å². The zero-order chi connectivity index (χ0) is 33.5. The molecule has 0 spiro atoms. The fraction of sp³-hybridized carbons (Fsp3) is 0.583. The molecule has 1 aromatic heterocycles. The molecule has 2 amide bonds. The molecular weight excluding hydrogens is 604 g/mol. The summed E-state index contributed by atoms with van der Waals surface area (Å²) in [6, 6.07) is 10.1. The highest BCUT2D eigenvalue weighted by Crippen LogP contribution is 2.42. The molecule has 254 valence electrons. The molecule has 3 aromatic rings. The minimum atomic E-state index is -0.976. The number of ether oxygens (including phenoxy) is 2. The van der Waals surface area contributed by atoms with Crippen LogP contribution < -0.4 is 9.80 Å². The second kappa shape index (κ2) is 13.4. The highest BCUT2D eigenvalue weighted by atomic mass is 19.2. The molecule has 1 saturated carbocycles. The summed E-state index contributed by atoms with van der Waals surface area (Å²) in [7, 11) is 3.85. The van der Waals surface area contributed by atoms with Crippen LogP contribution in [0.4, 0.5) is 25.0 Å². The third-order valence-corrected chi connectivity index (χ3v) is 10.0. The number of rotatable bonds is 6. The Balaban J connectivity index is 1.32. The first kappa shape index (κ1) is 33.2. The number of fused-ring (bicyclic) bond motifs is 1. The lowest BCUT2D eigenvalue weighted by atomic mass is 9.92. The SMILES string of the molecule is CO[C@H]1CC[C@H](n2c([C@@H]3CCCC(=O)N3c3ccc(F)c(F)c3)nc3cc(N(C)C4CCN(C(=O)OC(C)(C)C)CC4)ccc32)CC1. The summed E-state index contributed by atoms with van der Waals surface area (Å²) in [6.45, 7) is 6.90. The number of amides is 2. The third-order valence-electron chi connectivity index (χ3n) is 10.0. The summed E-state index contributed by atoms with van der Waals surface area (Å²) < 4.78 is 41.9. The molecule has 0 unspecified atom stereocenters. The molecule has 3 fully saturated rings. The van der Waals surface area contributed by atoms with E-state index in [1.807, 2.05) is 20.8 Å². The highest BCUT2D eigenvalue weighted by Gasteiger charge is 2.37. The fourth-order valence-corrected chi connectivity index (χ4v) is 7.53. The van der Waals surface area contributed by atoms with Gasteiger partial charge in [-0.25, -0.2) is 18.6 Å². The van der Waals surface area contributed by atoms with Crippen LogP contribution in [0.3, 0.4) is 0 Å². The summed E-state index contributed by atoms with van der Waals surface area (Å²) in [4.78, 5) is 37.0. The lowest BCUT2D eigenvalue weighted by molar-refractivity contribution is -0.120. The van der Waals surface area contributed by atoms with Crippen LogP contribution >= 0.6 is 0 Å². The zero-order valence-electron chi connectivity index (χ0n) is 28.2. The molecule has 6 rings (SSSR count). The first-order chi connectivity index (χ1) is 22.4. The number of piperidine rings is 2. The van der Waals surface area contributed by atoms with Crippen molar-refractivity contribution in [1.82, 2.24) is 14.5 Å². The van der Waals surface area contributed by atoms with E-state index in [4.69, 9.17) is 14.5 Å². The number of carbonyl (C=O) groups excluding carboxylic acids is 2. The van der Waals surface area contributed by atoms with E-state index >= 15 is 0 Å². The van der Waals surface area contributed by atoms with Gasteiger partial charge in [0.05, 0.1) is 23.2 Å². The van der Waals surface area contributed by atoms with E-state index in [0.717, 1.165) is 73.2 Å². The van der Waals surface area contributed by atoms with E-state index in [2.05, 4.69) is 34.7 Å². The first-order valence-corrected chi connectivity index (χ1v) is 17.0. The molecule has 0 bridgehead atoms. The van der Waals surface area contributed by atoms with Crippen LogP contribution in [0.25, 0.3) is 11.0 Å². The van der Waals surface area contributed by atoms with Gasteiger partial charge in [0, 0.05) is 63.2 Å². The Bertz CT molecular complexity index is 1600. The van der Waals surface area contributed by atoms with E-state index in [9.17, 15) is 18.4 Å². The van der Waals surface area contributed by atoms with Gasteiger partial charge in [-0.15, -0.1) is 0 Å². The van der Waals surface area contributed by atoms with Gasteiger partial charge >= 0.3 is 6.09 Å². The van der Waals surface area contributed by atoms with Crippen molar-refractivity contribution in [3.05, 3.63) is 53.9 Å². The number of likely N-dealkylation sites (tertiary alicyclic amines) is 1. The van der Waals surface area contributed by atoms with Gasteiger partial charge in [0.1, 0.15) is 11.4 Å². The number of hydrogen-bond acceptors (Lipinski definition) is 6. The van der Waals surface area contributed by atoms with Crippen LogP contribution in [0.15, 0.2) is 36.4 Å². The topological polar surface area (TPSA) is 80.1 Å². The van der Waals surface area contributed by atoms with Crippen molar-refractivity contribution in [3.63, 3.8) is 0 Å². The van der Waals surface area contributed by atoms with E-state index < -0.39 is 23.3 Å². The van der Waals surface area contributed by atoms with Gasteiger partial charge in [-0.05, 0) is 102 Å². The maximum absolute atomic E-state index is 14.4. The molecule has 3 heterocycles. The number of imidazole rings is 1. The monoisotopic (exact) mass is 651 g/mol. The van der Waals surface area contributed by atoms with Crippen molar-refractivity contribution in [3.8, 4) is 0 Å². The number of nitrogens with zero attached hydrogens (tertiary/aromatic N) is 5. The van der Waals surface area contributed by atoms with E-state index in [0.29, 0.717) is 38.0 Å². The van der Waals surface area contributed by atoms with Crippen LogP contribution in [0.2, 0.25) is 0 Å². The number of hydrogen-bond donors (Lipinski definition) is 0. The molecule has 9 nitrogen and oxygen atoms in total. The second-order valence-corrected chi connectivity index (χ2v) is 14.3. The molecule has 47 heavy (non-hydrogen) atoms. The molecule has 2 aliphatic heterocycles. The largest absolute Gasteiger partial charge is 0.444 e. The average Bonchev–Trinajstić information content (AvgIpc) is 3.43. The Hall–Kier alpha value is -3.73. The van der Waals surface area contributed by atoms with Crippen molar-refractivity contribution in [1.29, 1.82) is 0 Å². The fourth-order valence-electron chi connectivity index (χ4n) is 7.53. The summed E-state index contributed by atoms with van der Waals surface area (Å²) in [5, 5.41) is 0. The molecule has 11 heteroatoms. The van der Waals surface area contributed by atoms with E-state index in [1.165, 1.54) is 6.07 Å². The molecule has 0 radical (unpaired) electrons. The zero-order valence-corrected chi connectivity index (χ0v) is 28.2. The second-order valence-electron chi connectivity index (χ2n) is 14.3. The van der Waals surface area contributed by atoms with Crippen molar-refractivity contribution < 1.29 is 27.8 Å². The van der Waals surface area contributed by atoms with Crippen molar-refractivity contribution in [2.75, 3.05) is 37.0 Å². The van der Waals surface area contributed by atoms with Gasteiger partial charge in [0.25, 0.3) is 0 Å². The standard InChI is InChI=1S/C36H47F2N5O4/c1-36(2,3)47-35(45)41-19-17-23(18-20-41)40(4)25-12-16-31-30(22-25)39-34(43(31)24-9-13-27(46-5)14-10-24)32-7-6-8-33(44)42(32)26-11-15-28(37)29(38)21-26/h11-12,15-16,21-24,27,32H,6-10,13-14,17-20H2,1-5H3/t24-,27-,32-/m0/s1. The number of methoxy groups -OCH3 is 1. The lowest BCUT2D eigenvalue weighted by Gasteiger charge is -2.38. The molecule has 1 atom stereocenters. The van der Waals surface area contributed by atoms with Gasteiger partial charge in [-0.1, -0.05) is 0 Å². The normalized spacial score (nSPS) is 23.0. The van der Waals surface area contributed by atoms with Crippen LogP contribution in [-0.4, -0.2) is 71.4 Å². The highest BCUT2D eigenvalue weighted by molar-refractivity contribution is 5.95. The van der Waals surface area contributed by atoms with Crippen LogP contribution in [0.5, 0.6) is 0 Å². The van der Waals surface area contributed by atoms with Crippen molar-refractivity contribution in [2.45, 2.75) is 108 Å². The Morgan fingerprint density at radius 3 is 2.34 bits per heavy atom. The molecule has 0 N–H and O–H groups in total. The Morgan fingerprint density at radius 2 is 1.68 bits per heavy atom. The van der Waals surface area contributed by atoms with Crippen molar-refractivity contribution >= 4 is 34.4 Å². The third kappa shape index (κ3) is 6.96. The Labute approximate surface area is 275 Å². The van der Waals surface area contributed by atoms with Gasteiger partial charge in [-0.3, -0.25) is 4.79 Å². The van der Waals surface area contributed by atoms with Crippen molar-refractivity contribution in [2.24, 2.45) is 0 Å². The van der Waals surface area contributed by atoms with Gasteiger partial charge < -0.3 is 28.7 Å². The minimum absolute atomic E-state index is 0.118. The Morgan fingerprint density at radius 1 is 0.957 bits per heavy atom. The van der Waals surface area contributed by atoms with Gasteiger partial charge in [0.15, 0.2) is 11.6 Å². The number of anilines is 2. The van der Waals surface area contributed by atoms with Gasteiger partial charge in [0.2, 0.25) is 5.91 Å². The van der Waals surface area contributed by atoms with E-state index in [1.54, 1.807) is 16.9 Å². The predicted molar refractivity (Wildman–Crippen MR) is 178 cm³/mol.